The Morgan fingerprint density at radius 2 is 1.46 bits per heavy atom. The van der Waals surface area contributed by atoms with Crippen LogP contribution in [-0.4, -0.2) is 30.3 Å². The molecule has 7 rings (SSSR count). The van der Waals surface area contributed by atoms with Gasteiger partial charge in [-0.1, -0.05) is 124 Å². The summed E-state index contributed by atoms with van der Waals surface area (Å²) >= 11 is 0. The molecule has 3 amide bonds. The number of carbonyl (C=O) groups excluding carboxylic acids is 3. The zero-order valence-corrected chi connectivity index (χ0v) is 29.9. The van der Waals surface area contributed by atoms with Crippen LogP contribution < -0.4 is 20.9 Å². The smallest absolute Gasteiger partial charge is 0.251 e. The number of benzene rings is 5. The van der Waals surface area contributed by atoms with Crippen LogP contribution >= 0.6 is 0 Å². The molecule has 0 saturated heterocycles. The maximum absolute atomic E-state index is 14.9. The fourth-order valence-corrected chi connectivity index (χ4v) is 8.30. The molecular weight excluding hydrogens is 645 g/mol. The fourth-order valence-electron chi connectivity index (χ4n) is 8.30. The van der Waals surface area contributed by atoms with Crippen LogP contribution in [0.3, 0.4) is 0 Å². The molecule has 5 aromatic rings. The van der Waals surface area contributed by atoms with E-state index in [0.29, 0.717) is 25.3 Å². The Bertz CT molecular complexity index is 2040. The highest BCUT2D eigenvalue weighted by atomic mass is 16.2. The van der Waals surface area contributed by atoms with Crippen LogP contribution in [0, 0.1) is 17.8 Å². The number of amides is 3. The van der Waals surface area contributed by atoms with Gasteiger partial charge < -0.3 is 20.9 Å². The van der Waals surface area contributed by atoms with E-state index in [-0.39, 0.29) is 18.4 Å². The lowest BCUT2D eigenvalue weighted by molar-refractivity contribution is -0.136. The number of rotatable bonds is 12. The van der Waals surface area contributed by atoms with Crippen LogP contribution in [0.4, 0.5) is 17.1 Å². The van der Waals surface area contributed by atoms with Crippen molar-refractivity contribution in [3.05, 3.63) is 127 Å². The lowest BCUT2D eigenvalue weighted by Crippen LogP contribution is -2.54. The summed E-state index contributed by atoms with van der Waals surface area (Å²) in [6.07, 6.45) is 6.26. The number of nitrogens with two attached hydrogens (primary N) is 1. The number of nitrogens with zero attached hydrogens (tertiary/aromatic N) is 2. The van der Waals surface area contributed by atoms with Gasteiger partial charge in [-0.2, -0.15) is 0 Å². The molecule has 7 nitrogen and oxygen atoms in total. The van der Waals surface area contributed by atoms with Gasteiger partial charge >= 0.3 is 0 Å². The van der Waals surface area contributed by atoms with Crippen molar-refractivity contribution in [1.82, 2.24) is 5.32 Å². The molecule has 1 fully saturated rings. The van der Waals surface area contributed by atoms with Gasteiger partial charge in [0, 0.05) is 17.5 Å². The summed E-state index contributed by atoms with van der Waals surface area (Å²) in [5.74, 6) is -1.70. The molecule has 0 aromatic heterocycles. The summed E-state index contributed by atoms with van der Waals surface area (Å²) in [5, 5.41) is 5.56. The Hall–Kier alpha value is -5.43. The number of hydrogen-bond donors (Lipinski definition) is 2. The zero-order valence-electron chi connectivity index (χ0n) is 29.9. The average Bonchev–Trinajstić information content (AvgIpc) is 3.67. The molecule has 7 heteroatoms. The van der Waals surface area contributed by atoms with Gasteiger partial charge in [0.25, 0.3) is 5.91 Å². The van der Waals surface area contributed by atoms with E-state index in [0.717, 1.165) is 65.9 Å². The summed E-state index contributed by atoms with van der Waals surface area (Å²) < 4.78 is 0. The number of nitrogens with one attached hydrogen (secondary N) is 1. The number of para-hydroxylation sites is 3. The minimum atomic E-state index is -0.870. The van der Waals surface area contributed by atoms with Crippen LogP contribution in [0.5, 0.6) is 0 Å². The topological polar surface area (TPSA) is 95.7 Å². The van der Waals surface area contributed by atoms with Crippen molar-refractivity contribution in [2.24, 2.45) is 23.5 Å². The first-order chi connectivity index (χ1) is 25.4. The van der Waals surface area contributed by atoms with Crippen molar-refractivity contribution < 1.29 is 14.4 Å². The number of fused-ring (bicyclic) bond motifs is 2. The Kier molecular flexibility index (Phi) is 10.7. The van der Waals surface area contributed by atoms with Gasteiger partial charge in [0.2, 0.25) is 11.8 Å². The van der Waals surface area contributed by atoms with Crippen LogP contribution in [0.15, 0.2) is 121 Å². The highest BCUT2D eigenvalue weighted by molar-refractivity contribution is 6.04. The molecule has 1 aliphatic heterocycles. The summed E-state index contributed by atoms with van der Waals surface area (Å²) in [5.41, 5.74) is 11.7. The zero-order chi connectivity index (χ0) is 36.0. The summed E-state index contributed by atoms with van der Waals surface area (Å²) in [6.45, 7) is 2.57. The van der Waals surface area contributed by atoms with Crippen LogP contribution in [0.2, 0.25) is 0 Å². The normalized spacial score (nSPS) is 17.4. The number of carbonyl (C=O) groups is 3. The van der Waals surface area contributed by atoms with Crippen LogP contribution in [-0.2, 0) is 20.9 Å². The van der Waals surface area contributed by atoms with Crippen molar-refractivity contribution in [2.75, 3.05) is 16.3 Å². The molecule has 1 aliphatic carbocycles. The minimum absolute atomic E-state index is 0.193. The molecule has 0 bridgehead atoms. The standard InChI is InChI=1S/C45H48N4O3/c1-2-13-38(43(46)50)39(27-31-14-6-7-15-31)44(51)47-40-30-48(37-20-4-3-5-21-37)41-22-10-11-23-42(41)49(45(40)52)29-32-16-12-19-34(26-32)36-25-24-33-17-8-9-18-35(33)28-36/h3-5,8-12,16-26,28,31,38-40H,2,6-7,13-15,27,29-30H2,1H3,(H2,46,50)(H,47,51)/t38-,39+,40?/m0/s1. The molecule has 0 radical (unpaired) electrons. The quantitative estimate of drug-likeness (QED) is 0.137. The second kappa shape index (κ2) is 15.9. The van der Waals surface area contributed by atoms with E-state index in [1.54, 1.807) is 0 Å². The van der Waals surface area contributed by atoms with Crippen molar-refractivity contribution in [1.29, 1.82) is 0 Å². The van der Waals surface area contributed by atoms with Gasteiger partial charge in [0.15, 0.2) is 0 Å². The van der Waals surface area contributed by atoms with E-state index in [2.05, 4.69) is 52.7 Å². The van der Waals surface area contributed by atoms with Crippen LogP contribution in [0.1, 0.15) is 57.4 Å². The summed E-state index contributed by atoms with van der Waals surface area (Å²) in [6, 6.07) is 40.2. The molecular formula is C45H48N4O3. The molecule has 1 saturated carbocycles. The Morgan fingerprint density at radius 3 is 2.21 bits per heavy atom. The van der Waals surface area contributed by atoms with Crippen LogP contribution in [0.25, 0.3) is 21.9 Å². The Morgan fingerprint density at radius 1 is 0.769 bits per heavy atom. The van der Waals surface area contributed by atoms with E-state index < -0.39 is 23.8 Å². The predicted molar refractivity (Wildman–Crippen MR) is 210 cm³/mol. The predicted octanol–water partition coefficient (Wildman–Crippen LogP) is 8.77. The highest BCUT2D eigenvalue weighted by Crippen LogP contribution is 2.39. The van der Waals surface area contributed by atoms with Crippen molar-refractivity contribution >= 4 is 45.6 Å². The molecule has 266 valence electrons. The summed E-state index contributed by atoms with van der Waals surface area (Å²) in [7, 11) is 0. The second-order valence-electron chi connectivity index (χ2n) is 14.5. The van der Waals surface area contributed by atoms with Gasteiger partial charge in [0.05, 0.1) is 24.5 Å². The molecule has 1 heterocycles. The van der Waals surface area contributed by atoms with Gasteiger partial charge in [-0.3, -0.25) is 14.4 Å². The Labute approximate surface area is 306 Å². The number of anilines is 3. The number of hydrogen-bond acceptors (Lipinski definition) is 4. The largest absolute Gasteiger partial charge is 0.369 e. The second-order valence-corrected chi connectivity index (χ2v) is 14.5. The minimum Gasteiger partial charge on any atom is -0.369 e. The average molecular weight is 693 g/mol. The highest BCUT2D eigenvalue weighted by Gasteiger charge is 2.39. The molecule has 1 unspecified atom stereocenters. The van der Waals surface area contributed by atoms with Crippen molar-refractivity contribution in [3.8, 4) is 11.1 Å². The first kappa shape index (κ1) is 35.0. The fraction of sp³-hybridized carbons (Fsp3) is 0.311. The third kappa shape index (κ3) is 7.59. The third-order valence-electron chi connectivity index (χ3n) is 11.0. The van der Waals surface area contributed by atoms with E-state index in [1.165, 1.54) is 10.8 Å². The molecule has 5 aromatic carbocycles. The van der Waals surface area contributed by atoms with Gasteiger partial charge in [-0.25, -0.2) is 0 Å². The molecule has 52 heavy (non-hydrogen) atoms. The van der Waals surface area contributed by atoms with Crippen molar-refractivity contribution in [3.63, 3.8) is 0 Å². The molecule has 3 atom stereocenters. The van der Waals surface area contributed by atoms with Gasteiger partial charge in [-0.05, 0) is 82.6 Å². The first-order valence-corrected chi connectivity index (χ1v) is 18.8. The summed E-state index contributed by atoms with van der Waals surface area (Å²) in [4.78, 5) is 46.1. The van der Waals surface area contributed by atoms with Crippen molar-refractivity contribution in [2.45, 2.75) is 64.5 Å². The molecule has 0 spiro atoms. The first-order valence-electron chi connectivity index (χ1n) is 18.8. The number of primary amides is 1. The monoisotopic (exact) mass is 692 g/mol. The van der Waals surface area contributed by atoms with E-state index >= 15 is 0 Å². The lowest BCUT2D eigenvalue weighted by atomic mass is 9.80. The Balaban J connectivity index is 1.25. The third-order valence-corrected chi connectivity index (χ3v) is 11.0. The van der Waals surface area contributed by atoms with Gasteiger partial charge in [0.1, 0.15) is 6.04 Å². The SMILES string of the molecule is CCC[C@H](C(N)=O)[C@@H](CC1CCCC1)C(=O)NC1CN(c2ccccc2)c2ccccc2N(Cc2cccc(-c3ccc4ccccc4c3)c2)C1=O. The lowest BCUT2D eigenvalue weighted by Gasteiger charge is -2.30. The molecule has 2 aliphatic rings. The van der Waals surface area contributed by atoms with Gasteiger partial charge in [-0.15, -0.1) is 0 Å². The van der Waals surface area contributed by atoms with E-state index in [4.69, 9.17) is 5.73 Å². The molecule has 3 N–H and O–H groups in total. The maximum Gasteiger partial charge on any atom is 0.251 e. The van der Waals surface area contributed by atoms with E-state index in [1.807, 2.05) is 90.7 Å². The maximum atomic E-state index is 14.9. The van der Waals surface area contributed by atoms with E-state index in [9.17, 15) is 14.4 Å².